The number of carboxylic acid groups (broad SMARTS) is 2. The van der Waals surface area contributed by atoms with Crippen LogP contribution in [-0.4, -0.2) is 89.0 Å². The van der Waals surface area contributed by atoms with Gasteiger partial charge in [0.25, 0.3) is 40.5 Å². The number of aromatic amines is 1. The van der Waals surface area contributed by atoms with Crippen LogP contribution in [0.3, 0.4) is 0 Å². The van der Waals surface area contributed by atoms with Gasteiger partial charge in [0.15, 0.2) is 0 Å². The Bertz CT molecular complexity index is 3610. The molecule has 0 aliphatic carbocycles. The molecule has 0 radical (unpaired) electrons. The molecular formula is C39H27N7O17S4. The molecule has 7 N–H and O–H groups in total. The van der Waals surface area contributed by atoms with E-state index in [0.717, 1.165) is 60.7 Å². The largest absolute Gasteiger partial charge is 0.478 e. The van der Waals surface area contributed by atoms with E-state index >= 15 is 0 Å². The van der Waals surface area contributed by atoms with Crippen molar-refractivity contribution in [1.29, 1.82) is 0 Å². The quantitative estimate of drug-likeness (QED) is 0.0495. The van der Waals surface area contributed by atoms with E-state index in [9.17, 15) is 76.5 Å². The average molecular weight is 994 g/mol. The van der Waals surface area contributed by atoms with Crippen LogP contribution in [0.1, 0.15) is 43.5 Å². The van der Waals surface area contributed by atoms with Crippen LogP contribution in [0, 0.1) is 0 Å². The third kappa shape index (κ3) is 10.6. The highest BCUT2D eigenvalue weighted by Crippen LogP contribution is 2.36. The minimum atomic E-state index is -4.97. The van der Waals surface area contributed by atoms with Crippen LogP contribution in [0.15, 0.2) is 142 Å². The van der Waals surface area contributed by atoms with E-state index < -0.39 is 77.7 Å². The van der Waals surface area contributed by atoms with Gasteiger partial charge in [-0.25, -0.2) is 19.4 Å². The number of nitrogens with zero attached hydrogens (tertiary/aromatic N) is 6. The summed E-state index contributed by atoms with van der Waals surface area (Å²) in [5.74, 6) is -3.24. The molecule has 0 spiro atoms. The zero-order valence-corrected chi connectivity index (χ0v) is 36.4. The molecule has 0 aliphatic heterocycles. The Balaban J connectivity index is 1.16. The standard InChI is InChI=1S/C39H27N7O17S4/c47-37(48)27-13-21(43-45-23-15-29-25(33(17-23)66(58,59)60)3-1-5-31(29)64(52,53)54)9-7-19(27)11-35-40-36(42-39(51)41-35)12-20-8-10-22(14-28(20)38(49)50)44-46-24-16-30-26(34(18-24)67(61,62)63)4-2-6-32(30)65(55,56)57/h1-10,13-18H,11-12H2,(H,47,48)(H,49,50)(H,52,53,54)(H,55,56,57)(H,58,59,60)(H,61,62,63)(H,40,41,42,51). The molecule has 7 rings (SSSR count). The van der Waals surface area contributed by atoms with E-state index in [2.05, 4.69) is 35.4 Å². The first kappa shape index (κ1) is 47.4. The number of carbonyl (C=O) groups is 2. The number of rotatable bonds is 14. The summed E-state index contributed by atoms with van der Waals surface area (Å²) < 4.78 is 136. The highest BCUT2D eigenvalue weighted by molar-refractivity contribution is 7.87. The van der Waals surface area contributed by atoms with Crippen LogP contribution >= 0.6 is 0 Å². The second-order valence-corrected chi connectivity index (χ2v) is 19.6. The first-order valence-electron chi connectivity index (χ1n) is 18.3. The molecule has 344 valence electrons. The van der Waals surface area contributed by atoms with Crippen LogP contribution in [0.4, 0.5) is 22.7 Å². The Kier molecular flexibility index (Phi) is 12.5. The monoisotopic (exact) mass is 993 g/mol. The van der Waals surface area contributed by atoms with Gasteiger partial charge in [0.1, 0.15) is 31.2 Å². The van der Waals surface area contributed by atoms with Gasteiger partial charge in [-0.3, -0.25) is 23.2 Å². The molecule has 0 atom stereocenters. The molecule has 1 heterocycles. The van der Waals surface area contributed by atoms with E-state index in [4.69, 9.17) is 0 Å². The minimum absolute atomic E-state index is 0.0606. The molecule has 7 aromatic rings. The molecule has 24 nitrogen and oxygen atoms in total. The zero-order valence-electron chi connectivity index (χ0n) is 33.1. The van der Waals surface area contributed by atoms with E-state index in [1.54, 1.807) is 0 Å². The van der Waals surface area contributed by atoms with Crippen molar-refractivity contribution in [3.05, 3.63) is 141 Å². The lowest BCUT2D eigenvalue weighted by Crippen LogP contribution is -2.19. The summed E-state index contributed by atoms with van der Waals surface area (Å²) in [6.45, 7) is 0. The van der Waals surface area contributed by atoms with E-state index in [0.29, 0.717) is 0 Å². The molecule has 6 aromatic carbocycles. The molecular weight excluding hydrogens is 967 g/mol. The smallest absolute Gasteiger partial charge is 0.348 e. The number of hydrogen-bond donors (Lipinski definition) is 7. The lowest BCUT2D eigenvalue weighted by Gasteiger charge is -2.10. The van der Waals surface area contributed by atoms with Gasteiger partial charge in [-0.1, -0.05) is 36.4 Å². The van der Waals surface area contributed by atoms with Crippen LogP contribution in [0.2, 0.25) is 0 Å². The Morgan fingerprint density at radius 2 is 0.881 bits per heavy atom. The third-order valence-electron chi connectivity index (χ3n) is 9.58. The number of azo groups is 2. The fourth-order valence-electron chi connectivity index (χ4n) is 6.79. The van der Waals surface area contributed by atoms with E-state index in [-0.39, 0.29) is 91.0 Å². The Labute approximate surface area is 376 Å². The summed E-state index contributed by atoms with van der Waals surface area (Å²) in [7, 11) is -19.7. The number of carboxylic acids is 2. The van der Waals surface area contributed by atoms with Crippen molar-refractivity contribution in [1.82, 2.24) is 15.0 Å². The highest BCUT2D eigenvalue weighted by atomic mass is 32.2. The van der Waals surface area contributed by atoms with Crippen LogP contribution < -0.4 is 5.69 Å². The Morgan fingerprint density at radius 1 is 0.478 bits per heavy atom. The number of aromatic nitrogens is 3. The predicted molar refractivity (Wildman–Crippen MR) is 231 cm³/mol. The number of H-pyrrole nitrogens is 1. The van der Waals surface area contributed by atoms with Gasteiger partial charge < -0.3 is 10.2 Å². The topological polar surface area (TPSA) is 400 Å². The first-order chi connectivity index (χ1) is 31.3. The number of benzene rings is 6. The van der Waals surface area contributed by atoms with E-state index in [1.807, 2.05) is 0 Å². The van der Waals surface area contributed by atoms with E-state index in [1.165, 1.54) is 36.4 Å². The first-order valence-corrected chi connectivity index (χ1v) is 24.1. The number of fused-ring (bicyclic) bond motifs is 2. The lowest BCUT2D eigenvalue weighted by molar-refractivity contribution is 0.0685. The third-order valence-corrected chi connectivity index (χ3v) is 13.2. The molecule has 0 saturated heterocycles. The summed E-state index contributed by atoms with van der Waals surface area (Å²) in [5.41, 5.74) is -2.38. The van der Waals surface area contributed by atoms with Crippen molar-refractivity contribution in [3.8, 4) is 0 Å². The lowest BCUT2D eigenvalue weighted by atomic mass is 10.0. The molecule has 0 bridgehead atoms. The summed E-state index contributed by atoms with van der Waals surface area (Å²) in [4.78, 5) is 45.0. The highest BCUT2D eigenvalue weighted by Gasteiger charge is 2.24. The number of aromatic carboxylic acids is 2. The SMILES string of the molecule is O=C(O)c1cc(N=Nc2cc(S(=O)(=O)O)c3cccc(S(=O)(=O)O)c3c2)ccc1Cc1nc(Cc2ccc(N=Nc3cc(S(=O)(=O)O)c4cccc(S(=O)(=O)O)c4c3)cc2C(=O)O)[nH]c(=O)n1. The van der Waals surface area contributed by atoms with Gasteiger partial charge in [0, 0.05) is 34.4 Å². The fraction of sp³-hybridized carbons (Fsp3) is 0.0513. The molecule has 67 heavy (non-hydrogen) atoms. The van der Waals surface area contributed by atoms with Gasteiger partial charge in [0.2, 0.25) is 0 Å². The van der Waals surface area contributed by atoms with Gasteiger partial charge >= 0.3 is 17.6 Å². The van der Waals surface area contributed by atoms with Crippen molar-refractivity contribution < 1.29 is 71.7 Å². The van der Waals surface area contributed by atoms with Crippen molar-refractivity contribution in [2.24, 2.45) is 20.5 Å². The Hall–Kier alpha value is -7.57. The summed E-state index contributed by atoms with van der Waals surface area (Å²) in [5, 5.41) is 34.5. The maximum atomic E-state index is 12.7. The van der Waals surface area contributed by atoms with Crippen molar-refractivity contribution in [3.63, 3.8) is 0 Å². The van der Waals surface area contributed by atoms with Crippen LogP contribution in [0.25, 0.3) is 21.5 Å². The molecule has 0 fully saturated rings. The molecule has 0 unspecified atom stereocenters. The second kappa shape index (κ2) is 17.7. The van der Waals surface area contributed by atoms with Gasteiger partial charge in [-0.2, -0.15) is 59.1 Å². The minimum Gasteiger partial charge on any atom is -0.478 e. The van der Waals surface area contributed by atoms with Crippen LogP contribution in [-0.2, 0) is 53.3 Å². The maximum absolute atomic E-state index is 12.7. The Morgan fingerprint density at radius 3 is 1.28 bits per heavy atom. The van der Waals surface area contributed by atoms with Gasteiger partial charge in [-0.15, -0.1) is 0 Å². The maximum Gasteiger partial charge on any atom is 0.348 e. The predicted octanol–water partition coefficient (Wildman–Crippen LogP) is 5.87. The van der Waals surface area contributed by atoms with Crippen LogP contribution in [0.5, 0.6) is 0 Å². The molecule has 1 aromatic heterocycles. The van der Waals surface area contributed by atoms with Crippen molar-refractivity contribution >= 4 is 96.7 Å². The van der Waals surface area contributed by atoms with Gasteiger partial charge in [-0.05, 0) is 71.8 Å². The second-order valence-electron chi connectivity index (χ2n) is 14.1. The van der Waals surface area contributed by atoms with Crippen molar-refractivity contribution in [2.45, 2.75) is 32.4 Å². The molecule has 0 aliphatic rings. The summed E-state index contributed by atoms with van der Waals surface area (Å²) >= 11 is 0. The van der Waals surface area contributed by atoms with Gasteiger partial charge in [0.05, 0.1) is 33.9 Å². The number of hydrogen-bond acceptors (Lipinski definition) is 17. The normalized spacial score (nSPS) is 12.7. The summed E-state index contributed by atoms with van der Waals surface area (Å²) in [6, 6.07) is 17.8. The zero-order chi connectivity index (χ0) is 48.8. The fourth-order valence-corrected chi connectivity index (χ4v) is 9.64. The molecule has 0 saturated carbocycles. The molecule has 0 amide bonds. The average Bonchev–Trinajstić information content (AvgIpc) is 3.22. The summed E-state index contributed by atoms with van der Waals surface area (Å²) in [6.07, 6.45) is -0.683. The number of nitrogens with one attached hydrogen (secondary N) is 1. The van der Waals surface area contributed by atoms with Crippen molar-refractivity contribution in [2.75, 3.05) is 0 Å². The molecule has 28 heteroatoms.